The lowest BCUT2D eigenvalue weighted by Crippen LogP contribution is -2.05. The normalized spacial score (nSPS) is 10.5. The Balaban J connectivity index is 1.84. The van der Waals surface area contributed by atoms with Crippen LogP contribution in [0.25, 0.3) is 5.69 Å². The van der Waals surface area contributed by atoms with Gasteiger partial charge in [-0.1, -0.05) is 12.1 Å². The highest BCUT2D eigenvalue weighted by Gasteiger charge is 2.07. The van der Waals surface area contributed by atoms with Gasteiger partial charge in [-0.15, -0.1) is 0 Å². The Bertz CT molecular complexity index is 743. The molecule has 3 aromatic rings. The zero-order valence-electron chi connectivity index (χ0n) is 11.1. The van der Waals surface area contributed by atoms with E-state index in [9.17, 15) is 9.50 Å². The SMILES string of the molecule is Oc1ccc(F)cc1CNc1ccccc1-n1cncn1. The molecule has 1 aromatic heterocycles. The van der Waals surface area contributed by atoms with Crippen molar-refractivity contribution in [2.75, 3.05) is 5.32 Å². The van der Waals surface area contributed by atoms with Gasteiger partial charge in [-0.25, -0.2) is 14.1 Å². The average Bonchev–Trinajstić information content (AvgIpc) is 3.03. The first-order valence-electron chi connectivity index (χ1n) is 6.39. The molecule has 0 bridgehead atoms. The van der Waals surface area contributed by atoms with Gasteiger partial charge in [-0.2, -0.15) is 5.10 Å². The molecule has 0 aliphatic carbocycles. The minimum atomic E-state index is -0.380. The second kappa shape index (κ2) is 5.62. The summed E-state index contributed by atoms with van der Waals surface area (Å²) in [5.74, 6) is -0.323. The Hall–Kier alpha value is -2.89. The molecule has 2 N–H and O–H groups in total. The molecule has 106 valence electrons. The largest absolute Gasteiger partial charge is 0.508 e. The Kier molecular flexibility index (Phi) is 3.51. The fourth-order valence-electron chi connectivity index (χ4n) is 2.04. The number of phenolic OH excluding ortho intramolecular Hbond substituents is 1. The number of nitrogens with one attached hydrogen (secondary N) is 1. The highest BCUT2D eigenvalue weighted by molar-refractivity contribution is 5.60. The topological polar surface area (TPSA) is 63.0 Å². The third kappa shape index (κ3) is 2.84. The number of anilines is 1. The van der Waals surface area contributed by atoms with Gasteiger partial charge in [0.05, 0.1) is 11.4 Å². The average molecular weight is 284 g/mol. The van der Waals surface area contributed by atoms with Gasteiger partial charge in [0.25, 0.3) is 0 Å². The molecule has 0 spiro atoms. The number of hydrogen-bond acceptors (Lipinski definition) is 4. The van der Waals surface area contributed by atoms with Crippen molar-refractivity contribution in [3.8, 4) is 11.4 Å². The van der Waals surface area contributed by atoms with Crippen LogP contribution in [0.1, 0.15) is 5.56 Å². The van der Waals surface area contributed by atoms with Crippen LogP contribution < -0.4 is 5.32 Å². The first kappa shape index (κ1) is 13.1. The van der Waals surface area contributed by atoms with Crippen molar-refractivity contribution in [2.45, 2.75) is 6.54 Å². The molecule has 0 atom stereocenters. The van der Waals surface area contributed by atoms with Crippen LogP contribution in [0.2, 0.25) is 0 Å². The van der Waals surface area contributed by atoms with Crippen LogP contribution in [0, 0.1) is 5.82 Å². The maximum atomic E-state index is 13.2. The van der Waals surface area contributed by atoms with E-state index in [0.29, 0.717) is 12.1 Å². The van der Waals surface area contributed by atoms with E-state index in [0.717, 1.165) is 11.4 Å². The maximum Gasteiger partial charge on any atom is 0.138 e. The first-order valence-corrected chi connectivity index (χ1v) is 6.39. The molecule has 6 heteroatoms. The van der Waals surface area contributed by atoms with Gasteiger partial charge in [0.1, 0.15) is 24.2 Å². The molecule has 0 saturated heterocycles. The molecule has 0 fully saturated rings. The zero-order chi connectivity index (χ0) is 14.7. The standard InChI is InChI=1S/C15H13FN4O/c16-12-5-6-15(21)11(7-12)8-18-13-3-1-2-4-14(13)20-10-17-9-19-20/h1-7,9-10,18,21H,8H2. The molecule has 3 rings (SSSR count). The molecule has 2 aromatic carbocycles. The predicted molar refractivity (Wildman–Crippen MR) is 76.8 cm³/mol. The lowest BCUT2D eigenvalue weighted by atomic mass is 10.2. The number of phenols is 1. The molecule has 0 aliphatic rings. The minimum absolute atomic E-state index is 0.0575. The number of para-hydroxylation sites is 2. The van der Waals surface area contributed by atoms with Gasteiger partial charge in [0.2, 0.25) is 0 Å². The summed E-state index contributed by atoms with van der Waals surface area (Å²) < 4.78 is 14.8. The van der Waals surface area contributed by atoms with Crippen LogP contribution in [0.15, 0.2) is 55.1 Å². The maximum absolute atomic E-state index is 13.2. The van der Waals surface area contributed by atoms with Gasteiger partial charge in [-0.3, -0.25) is 0 Å². The molecule has 0 unspecified atom stereocenters. The van der Waals surface area contributed by atoms with E-state index in [1.54, 1.807) is 11.0 Å². The molecule has 1 heterocycles. The molecule has 0 amide bonds. The van der Waals surface area contributed by atoms with Crippen LogP contribution in [-0.4, -0.2) is 19.9 Å². The van der Waals surface area contributed by atoms with Gasteiger partial charge >= 0.3 is 0 Å². The Morgan fingerprint density at radius 2 is 2.05 bits per heavy atom. The van der Waals surface area contributed by atoms with Crippen molar-refractivity contribution in [1.82, 2.24) is 14.8 Å². The summed E-state index contributed by atoms with van der Waals surface area (Å²) >= 11 is 0. The van der Waals surface area contributed by atoms with Gasteiger partial charge in [0.15, 0.2) is 0 Å². The van der Waals surface area contributed by atoms with Gasteiger partial charge in [0, 0.05) is 12.1 Å². The fourth-order valence-corrected chi connectivity index (χ4v) is 2.04. The van der Waals surface area contributed by atoms with Crippen LogP contribution in [-0.2, 0) is 6.54 Å². The monoisotopic (exact) mass is 284 g/mol. The Morgan fingerprint density at radius 3 is 2.86 bits per heavy atom. The number of halogens is 1. The van der Waals surface area contributed by atoms with Crippen LogP contribution >= 0.6 is 0 Å². The summed E-state index contributed by atoms with van der Waals surface area (Å²) in [4.78, 5) is 3.92. The molecule has 21 heavy (non-hydrogen) atoms. The molecule has 5 nitrogen and oxygen atoms in total. The Labute approximate surface area is 120 Å². The summed E-state index contributed by atoms with van der Waals surface area (Å²) in [7, 11) is 0. The number of rotatable bonds is 4. The highest BCUT2D eigenvalue weighted by atomic mass is 19.1. The summed E-state index contributed by atoms with van der Waals surface area (Å²) in [5, 5.41) is 17.0. The molecule has 0 radical (unpaired) electrons. The predicted octanol–water partition coefficient (Wildman–Crippen LogP) is 2.72. The van der Waals surface area contributed by atoms with E-state index in [1.807, 2.05) is 24.3 Å². The molecule has 0 aliphatic heterocycles. The fraction of sp³-hybridized carbons (Fsp3) is 0.0667. The van der Waals surface area contributed by atoms with Crippen molar-refractivity contribution >= 4 is 5.69 Å². The summed E-state index contributed by atoms with van der Waals surface area (Å²) in [6, 6.07) is 11.4. The van der Waals surface area contributed by atoms with Crippen molar-refractivity contribution < 1.29 is 9.50 Å². The third-order valence-corrected chi connectivity index (χ3v) is 3.08. The van der Waals surface area contributed by atoms with E-state index in [2.05, 4.69) is 15.4 Å². The molecular weight excluding hydrogens is 271 g/mol. The third-order valence-electron chi connectivity index (χ3n) is 3.08. The van der Waals surface area contributed by atoms with Gasteiger partial charge < -0.3 is 10.4 Å². The lowest BCUT2D eigenvalue weighted by Gasteiger charge is -2.12. The summed E-state index contributed by atoms with van der Waals surface area (Å²) in [6.45, 7) is 0.301. The van der Waals surface area contributed by atoms with Gasteiger partial charge in [-0.05, 0) is 30.3 Å². The van der Waals surface area contributed by atoms with Crippen LogP contribution in [0.3, 0.4) is 0 Å². The van der Waals surface area contributed by atoms with E-state index in [1.165, 1.54) is 24.5 Å². The van der Waals surface area contributed by atoms with E-state index in [-0.39, 0.29) is 11.6 Å². The first-order chi connectivity index (χ1) is 10.2. The number of aromatic hydroxyl groups is 1. The second-order valence-electron chi connectivity index (χ2n) is 4.48. The summed E-state index contributed by atoms with van der Waals surface area (Å²) in [6.07, 6.45) is 3.05. The van der Waals surface area contributed by atoms with Crippen molar-refractivity contribution in [2.24, 2.45) is 0 Å². The van der Waals surface area contributed by atoms with Crippen molar-refractivity contribution in [3.05, 3.63) is 66.5 Å². The quantitative estimate of drug-likeness (QED) is 0.773. The van der Waals surface area contributed by atoms with E-state index in [4.69, 9.17) is 0 Å². The second-order valence-corrected chi connectivity index (χ2v) is 4.48. The number of benzene rings is 2. The Morgan fingerprint density at radius 1 is 1.19 bits per heavy atom. The number of aromatic nitrogens is 3. The minimum Gasteiger partial charge on any atom is -0.508 e. The van der Waals surface area contributed by atoms with Crippen molar-refractivity contribution in [3.63, 3.8) is 0 Å². The zero-order valence-corrected chi connectivity index (χ0v) is 11.1. The van der Waals surface area contributed by atoms with Crippen LogP contribution in [0.4, 0.5) is 10.1 Å². The van der Waals surface area contributed by atoms with Crippen LogP contribution in [0.5, 0.6) is 5.75 Å². The van der Waals surface area contributed by atoms with E-state index >= 15 is 0 Å². The van der Waals surface area contributed by atoms with Crippen molar-refractivity contribution in [1.29, 1.82) is 0 Å². The van der Waals surface area contributed by atoms with E-state index < -0.39 is 0 Å². The molecular formula is C15H13FN4O. The number of hydrogen-bond donors (Lipinski definition) is 2. The number of nitrogens with zero attached hydrogens (tertiary/aromatic N) is 3. The smallest absolute Gasteiger partial charge is 0.138 e. The molecule has 0 saturated carbocycles. The summed E-state index contributed by atoms with van der Waals surface area (Å²) in [5.41, 5.74) is 2.13. The lowest BCUT2D eigenvalue weighted by molar-refractivity contribution is 0.466. The highest BCUT2D eigenvalue weighted by Crippen LogP contribution is 2.22.